The maximum Gasteiger partial charge on any atom is 0.0280 e. The van der Waals surface area contributed by atoms with E-state index in [4.69, 9.17) is 8.22 Å². The van der Waals surface area contributed by atoms with E-state index in [-0.39, 0.29) is 10.8 Å². The van der Waals surface area contributed by atoms with Gasteiger partial charge in [-0.3, -0.25) is 0 Å². The Morgan fingerprint density at radius 3 is 1.45 bits per heavy atom. The third-order valence-corrected chi connectivity index (χ3v) is 5.24. The number of benzene rings is 2. The number of hydrogen-bond acceptors (Lipinski definition) is 0. The summed E-state index contributed by atoms with van der Waals surface area (Å²) in [4.78, 5) is 0. The van der Waals surface area contributed by atoms with E-state index in [2.05, 4.69) is 27.7 Å². The van der Waals surface area contributed by atoms with Crippen molar-refractivity contribution in [3.63, 3.8) is 0 Å². The van der Waals surface area contributed by atoms with Crippen LogP contribution in [0.25, 0.3) is 11.1 Å². The van der Waals surface area contributed by atoms with Gasteiger partial charge in [0.25, 0.3) is 0 Å². The van der Waals surface area contributed by atoms with Crippen LogP contribution in [-0.4, -0.2) is 0 Å². The smallest absolute Gasteiger partial charge is 0.0280 e. The molecule has 0 spiro atoms. The summed E-state index contributed by atoms with van der Waals surface area (Å²) in [6.07, 6.45) is 0. The highest BCUT2D eigenvalue weighted by atomic mass is 14.5. The fourth-order valence-corrected chi connectivity index (χ4v) is 3.27. The van der Waals surface area contributed by atoms with E-state index in [1.165, 1.54) is 0 Å². The second kappa shape index (κ2) is 3.97. The Morgan fingerprint density at radius 2 is 1.10 bits per heavy atom. The van der Waals surface area contributed by atoms with Gasteiger partial charge in [-0.2, -0.15) is 0 Å². The third-order valence-electron chi connectivity index (χ3n) is 5.24. The molecule has 0 bridgehead atoms. The van der Waals surface area contributed by atoms with Crippen molar-refractivity contribution in [1.82, 2.24) is 0 Å². The molecule has 2 aromatic carbocycles. The topological polar surface area (TPSA) is 0 Å². The summed E-state index contributed by atoms with van der Waals surface area (Å²) in [5.41, 5.74) is 3.90. The molecule has 0 radical (unpaired) electrons. The molecule has 1 aliphatic rings. The molecule has 0 nitrogen and oxygen atoms in total. The van der Waals surface area contributed by atoms with Gasteiger partial charge < -0.3 is 0 Å². The molecule has 0 aliphatic heterocycles. The van der Waals surface area contributed by atoms with Crippen LogP contribution >= 0.6 is 0 Å². The molecule has 0 N–H and O–H groups in total. The highest BCUT2D eigenvalue weighted by molar-refractivity contribution is 5.78. The summed E-state index contributed by atoms with van der Waals surface area (Å²) in [6, 6.07) is 10.6. The molecule has 0 aromatic heterocycles. The molecule has 2 aromatic rings. The van der Waals surface area contributed by atoms with Crippen LogP contribution in [0.1, 0.15) is 58.2 Å². The zero-order chi connectivity index (χ0) is 19.7. The van der Waals surface area contributed by atoms with Gasteiger partial charge in [0.2, 0.25) is 0 Å². The molecule has 0 saturated carbocycles. The molecule has 104 valence electrons. The van der Waals surface area contributed by atoms with E-state index in [1.54, 1.807) is 24.3 Å². The Labute approximate surface area is 131 Å². The van der Waals surface area contributed by atoms with Gasteiger partial charge in [-0.1, -0.05) is 75.2 Å². The minimum Gasteiger partial charge on any atom is -0.0587 e. The standard InChI is InChI=1S/C20H24/c1-13-7-9-15-16-10-8-14(2)12-18(16)20(5,6)19(3,4)17(15)11-13/h7-12H,1-6H3/i1D3,2D3. The lowest BCUT2D eigenvalue weighted by Crippen LogP contribution is -2.43. The quantitative estimate of drug-likeness (QED) is 0.589. The van der Waals surface area contributed by atoms with Gasteiger partial charge in [-0.25, -0.2) is 0 Å². The zero-order valence-corrected chi connectivity index (χ0v) is 12.5. The van der Waals surface area contributed by atoms with E-state index in [9.17, 15) is 0 Å². The van der Waals surface area contributed by atoms with E-state index in [0.29, 0.717) is 11.1 Å². The second-order valence-electron chi connectivity index (χ2n) is 6.77. The van der Waals surface area contributed by atoms with Gasteiger partial charge in [0, 0.05) is 8.22 Å². The van der Waals surface area contributed by atoms with Crippen molar-refractivity contribution in [2.24, 2.45) is 0 Å². The fourth-order valence-electron chi connectivity index (χ4n) is 3.27. The SMILES string of the molecule is [2H]C([2H])([2H])c1ccc2c(c1)C(C)(C)C(C)(C)c1cc(C([2H])([2H])[2H])ccc1-2. The van der Waals surface area contributed by atoms with Crippen molar-refractivity contribution in [2.45, 2.75) is 52.2 Å². The first-order valence-electron chi connectivity index (χ1n) is 9.98. The molecular formula is C20H24. The van der Waals surface area contributed by atoms with Crippen LogP contribution in [0.2, 0.25) is 0 Å². The molecule has 0 amide bonds. The van der Waals surface area contributed by atoms with Crippen molar-refractivity contribution in [3.8, 4) is 11.1 Å². The lowest BCUT2D eigenvalue weighted by Gasteiger charge is -2.48. The minimum absolute atomic E-state index is 0.336. The number of aryl methyl sites for hydroxylation is 2. The van der Waals surface area contributed by atoms with Crippen LogP contribution in [0.5, 0.6) is 0 Å². The Kier molecular flexibility index (Phi) is 1.59. The summed E-state index contributed by atoms with van der Waals surface area (Å²) < 4.78 is 46.4. The molecule has 0 heterocycles. The summed E-state index contributed by atoms with van der Waals surface area (Å²) >= 11 is 0. The largest absolute Gasteiger partial charge is 0.0587 e. The van der Waals surface area contributed by atoms with Crippen LogP contribution in [-0.2, 0) is 10.8 Å². The summed E-state index contributed by atoms with van der Waals surface area (Å²) in [7, 11) is 0. The van der Waals surface area contributed by atoms with Crippen molar-refractivity contribution in [3.05, 3.63) is 58.7 Å². The Hall–Kier alpha value is -1.56. The molecule has 0 heteroatoms. The highest BCUT2D eigenvalue weighted by Gasteiger charge is 2.45. The first-order chi connectivity index (χ1) is 11.7. The van der Waals surface area contributed by atoms with Gasteiger partial charge in [-0.05, 0) is 46.8 Å². The van der Waals surface area contributed by atoms with E-state index in [0.717, 1.165) is 22.3 Å². The van der Waals surface area contributed by atoms with Crippen molar-refractivity contribution in [1.29, 1.82) is 0 Å². The minimum atomic E-state index is -2.15. The van der Waals surface area contributed by atoms with Gasteiger partial charge in [0.05, 0.1) is 0 Å². The second-order valence-corrected chi connectivity index (χ2v) is 6.77. The molecule has 0 atom stereocenters. The summed E-state index contributed by atoms with van der Waals surface area (Å²) in [5.74, 6) is 0. The molecule has 0 unspecified atom stereocenters. The van der Waals surface area contributed by atoms with Crippen LogP contribution in [0.15, 0.2) is 36.4 Å². The van der Waals surface area contributed by atoms with Crippen molar-refractivity contribution < 1.29 is 8.22 Å². The average molecular weight is 270 g/mol. The van der Waals surface area contributed by atoms with Crippen molar-refractivity contribution >= 4 is 0 Å². The first-order valence-corrected chi connectivity index (χ1v) is 6.98. The molecular weight excluding hydrogens is 240 g/mol. The fraction of sp³-hybridized carbons (Fsp3) is 0.400. The lowest BCUT2D eigenvalue weighted by molar-refractivity contribution is 0.299. The number of hydrogen-bond donors (Lipinski definition) is 0. The van der Waals surface area contributed by atoms with Crippen LogP contribution in [0.4, 0.5) is 0 Å². The number of rotatable bonds is 0. The summed E-state index contributed by atoms with van der Waals surface area (Å²) in [6.45, 7) is 4.08. The Morgan fingerprint density at radius 1 is 0.700 bits per heavy atom. The normalized spacial score (nSPS) is 24.0. The van der Waals surface area contributed by atoms with Gasteiger partial charge in [-0.15, -0.1) is 0 Å². The third kappa shape index (κ3) is 1.60. The first kappa shape index (κ1) is 8.02. The molecule has 3 rings (SSSR count). The maximum atomic E-state index is 7.73. The monoisotopic (exact) mass is 270 g/mol. The number of fused-ring (bicyclic) bond motifs is 3. The van der Waals surface area contributed by atoms with Crippen molar-refractivity contribution in [2.75, 3.05) is 0 Å². The predicted octanol–water partition coefficient (Wildman–Crippen LogP) is 5.54. The van der Waals surface area contributed by atoms with Crippen LogP contribution in [0.3, 0.4) is 0 Å². The molecule has 0 fully saturated rings. The molecule has 0 saturated heterocycles. The van der Waals surface area contributed by atoms with Gasteiger partial charge >= 0.3 is 0 Å². The lowest BCUT2D eigenvalue weighted by atomic mass is 9.55. The van der Waals surface area contributed by atoms with Crippen LogP contribution in [0, 0.1) is 13.7 Å². The van der Waals surface area contributed by atoms with Gasteiger partial charge in [0.1, 0.15) is 0 Å². The molecule has 1 aliphatic carbocycles. The van der Waals surface area contributed by atoms with Crippen LogP contribution < -0.4 is 0 Å². The predicted molar refractivity (Wildman–Crippen MR) is 87.4 cm³/mol. The molecule has 20 heavy (non-hydrogen) atoms. The van der Waals surface area contributed by atoms with Gasteiger partial charge in [0.15, 0.2) is 0 Å². The Bertz CT molecular complexity index is 795. The maximum absolute atomic E-state index is 7.73. The summed E-state index contributed by atoms with van der Waals surface area (Å²) in [5, 5.41) is 0. The van der Waals surface area contributed by atoms with E-state index < -0.39 is 13.7 Å². The highest BCUT2D eigenvalue weighted by Crippen LogP contribution is 2.53. The Balaban J connectivity index is 2.34. The zero-order valence-electron chi connectivity index (χ0n) is 18.5. The van der Waals surface area contributed by atoms with E-state index in [1.807, 2.05) is 12.1 Å². The van der Waals surface area contributed by atoms with E-state index >= 15 is 0 Å². The average Bonchev–Trinajstić information content (AvgIpc) is 2.50.